The van der Waals surface area contributed by atoms with Gasteiger partial charge >= 0.3 is 0 Å². The van der Waals surface area contributed by atoms with Gasteiger partial charge in [0.2, 0.25) is 0 Å². The van der Waals surface area contributed by atoms with Gasteiger partial charge in [0.15, 0.2) is 5.13 Å². The van der Waals surface area contributed by atoms with Crippen LogP contribution in [0.3, 0.4) is 0 Å². The number of para-hydroxylation sites is 1. The molecule has 4 rings (SSSR count). The molecule has 144 valence electrons. The van der Waals surface area contributed by atoms with Gasteiger partial charge in [-0.25, -0.2) is 9.97 Å². The number of carbonyl (C=O) groups excluding carboxylic acids is 1. The van der Waals surface area contributed by atoms with E-state index < -0.39 is 0 Å². The molecule has 0 aliphatic rings. The van der Waals surface area contributed by atoms with Crippen molar-refractivity contribution in [1.82, 2.24) is 14.5 Å². The molecule has 3 heterocycles. The maximum Gasteiger partial charge on any atom is 0.270 e. The third kappa shape index (κ3) is 3.97. The number of aryl methyl sites for hydroxylation is 2. The number of fused-ring (bicyclic) bond motifs is 1. The van der Waals surface area contributed by atoms with Crippen molar-refractivity contribution in [3.63, 3.8) is 0 Å². The van der Waals surface area contributed by atoms with Crippen LogP contribution in [0, 0.1) is 0 Å². The predicted molar refractivity (Wildman–Crippen MR) is 117 cm³/mol. The Hall–Kier alpha value is -2.22. The maximum absolute atomic E-state index is 13.2. The van der Waals surface area contributed by atoms with Crippen LogP contribution in [0.5, 0.6) is 0 Å². The lowest BCUT2D eigenvalue weighted by Gasteiger charge is -2.19. The topological polar surface area (TPSA) is 51.0 Å². The highest BCUT2D eigenvalue weighted by Crippen LogP contribution is 2.33. The van der Waals surface area contributed by atoms with Crippen LogP contribution in [-0.2, 0) is 13.0 Å². The molecule has 28 heavy (non-hydrogen) atoms. The van der Waals surface area contributed by atoms with Crippen molar-refractivity contribution in [3.05, 3.63) is 63.8 Å². The van der Waals surface area contributed by atoms with Crippen molar-refractivity contribution in [2.75, 3.05) is 11.4 Å². The van der Waals surface area contributed by atoms with Gasteiger partial charge in [-0.15, -0.1) is 11.3 Å². The maximum atomic E-state index is 13.2. The van der Waals surface area contributed by atoms with E-state index in [1.54, 1.807) is 40.9 Å². The van der Waals surface area contributed by atoms with E-state index in [1.807, 2.05) is 16.8 Å². The van der Waals surface area contributed by atoms with E-state index in [-0.39, 0.29) is 5.91 Å². The number of amides is 1. The average molecular weight is 431 g/mol. The Morgan fingerprint density at radius 2 is 2.14 bits per heavy atom. The molecule has 0 radical (unpaired) electrons. The Kier molecular flexibility index (Phi) is 5.75. The number of benzene rings is 1. The standard InChI is InChI=1S/C20H19ClN4OS2/c1-2-14-5-3-6-15-18(14)23-20(28-15)25(11-4-10-24-12-9-22-13-24)19(26)16-7-8-17(21)27-16/h3,5-9,12-13H,2,4,10-11H2,1H3. The lowest BCUT2D eigenvalue weighted by Crippen LogP contribution is -2.31. The molecule has 0 fully saturated rings. The van der Waals surface area contributed by atoms with E-state index in [0.717, 1.165) is 34.7 Å². The van der Waals surface area contributed by atoms with Crippen molar-refractivity contribution in [2.45, 2.75) is 26.3 Å². The van der Waals surface area contributed by atoms with Crippen LogP contribution >= 0.6 is 34.3 Å². The number of anilines is 1. The minimum Gasteiger partial charge on any atom is -0.337 e. The number of thiophene rings is 1. The highest BCUT2D eigenvalue weighted by molar-refractivity contribution is 7.22. The van der Waals surface area contributed by atoms with Gasteiger partial charge < -0.3 is 4.57 Å². The van der Waals surface area contributed by atoms with Crippen LogP contribution in [0.4, 0.5) is 5.13 Å². The second kappa shape index (κ2) is 8.43. The van der Waals surface area contributed by atoms with Gasteiger partial charge in [0.05, 0.1) is 25.8 Å². The van der Waals surface area contributed by atoms with Gasteiger partial charge in [-0.3, -0.25) is 9.69 Å². The second-order valence-corrected chi connectivity index (χ2v) is 9.05. The number of hydrogen-bond donors (Lipinski definition) is 0. The second-order valence-electron chi connectivity index (χ2n) is 6.33. The number of halogens is 1. The molecule has 1 aromatic carbocycles. The molecule has 5 nitrogen and oxygen atoms in total. The van der Waals surface area contributed by atoms with Crippen molar-refractivity contribution in [3.8, 4) is 0 Å². The molecular formula is C20H19ClN4OS2. The Bertz CT molecular complexity index is 1090. The predicted octanol–water partition coefficient (Wildman–Crippen LogP) is 5.51. The average Bonchev–Trinajstić information content (AvgIpc) is 3.44. The van der Waals surface area contributed by atoms with Crippen molar-refractivity contribution >= 4 is 55.5 Å². The van der Waals surface area contributed by atoms with Crippen LogP contribution in [-0.4, -0.2) is 27.0 Å². The van der Waals surface area contributed by atoms with Crippen LogP contribution in [0.2, 0.25) is 4.34 Å². The van der Waals surface area contributed by atoms with Gasteiger partial charge in [0, 0.05) is 25.5 Å². The van der Waals surface area contributed by atoms with E-state index in [0.29, 0.717) is 15.8 Å². The first-order chi connectivity index (χ1) is 13.7. The molecule has 3 aromatic heterocycles. The fourth-order valence-corrected chi connectivity index (χ4v) is 5.10. The summed E-state index contributed by atoms with van der Waals surface area (Å²) in [5, 5.41) is 0.732. The van der Waals surface area contributed by atoms with E-state index in [9.17, 15) is 4.79 Å². The zero-order valence-corrected chi connectivity index (χ0v) is 17.7. The minimum absolute atomic E-state index is 0.0559. The third-order valence-electron chi connectivity index (χ3n) is 4.49. The van der Waals surface area contributed by atoms with Gasteiger partial charge in [-0.05, 0) is 36.6 Å². The molecule has 1 amide bonds. The molecule has 0 aliphatic carbocycles. The molecule has 0 bridgehead atoms. The first-order valence-electron chi connectivity index (χ1n) is 9.07. The monoisotopic (exact) mass is 430 g/mol. The summed E-state index contributed by atoms with van der Waals surface area (Å²) in [4.78, 5) is 24.5. The van der Waals surface area contributed by atoms with Crippen LogP contribution in [0.25, 0.3) is 10.2 Å². The van der Waals surface area contributed by atoms with Crippen molar-refractivity contribution in [2.24, 2.45) is 0 Å². The summed E-state index contributed by atoms with van der Waals surface area (Å²) in [5.41, 5.74) is 2.19. The highest BCUT2D eigenvalue weighted by Gasteiger charge is 2.23. The number of carbonyl (C=O) groups is 1. The molecule has 0 N–H and O–H groups in total. The number of aromatic nitrogens is 3. The van der Waals surface area contributed by atoms with Crippen LogP contribution in [0.1, 0.15) is 28.6 Å². The molecular weight excluding hydrogens is 412 g/mol. The molecule has 0 spiro atoms. The van der Waals surface area contributed by atoms with Crippen molar-refractivity contribution < 1.29 is 4.79 Å². The first-order valence-corrected chi connectivity index (χ1v) is 11.1. The van der Waals surface area contributed by atoms with Crippen LogP contribution in [0.15, 0.2) is 49.1 Å². The zero-order chi connectivity index (χ0) is 19.5. The minimum atomic E-state index is -0.0559. The number of imidazole rings is 1. The van der Waals surface area contributed by atoms with Crippen LogP contribution < -0.4 is 4.90 Å². The molecule has 0 aliphatic heterocycles. The smallest absolute Gasteiger partial charge is 0.270 e. The van der Waals surface area contributed by atoms with Gasteiger partial charge in [-0.1, -0.05) is 42.0 Å². The van der Waals surface area contributed by atoms with Gasteiger partial charge in [0.25, 0.3) is 5.91 Å². The number of hydrogen-bond acceptors (Lipinski definition) is 5. The lowest BCUT2D eigenvalue weighted by atomic mass is 10.1. The van der Waals surface area contributed by atoms with E-state index in [1.165, 1.54) is 16.9 Å². The molecule has 4 aromatic rings. The number of nitrogens with zero attached hydrogens (tertiary/aromatic N) is 4. The normalized spacial score (nSPS) is 11.2. The molecule has 0 unspecified atom stereocenters. The summed E-state index contributed by atoms with van der Waals surface area (Å²) in [6.45, 7) is 3.49. The fraction of sp³-hybridized carbons (Fsp3) is 0.250. The van der Waals surface area contributed by atoms with Crippen molar-refractivity contribution in [1.29, 1.82) is 0 Å². The summed E-state index contributed by atoms with van der Waals surface area (Å²) >= 11 is 8.91. The Balaban J connectivity index is 1.64. The molecule has 0 saturated heterocycles. The van der Waals surface area contributed by atoms with E-state index >= 15 is 0 Å². The summed E-state index contributed by atoms with van der Waals surface area (Å²) < 4.78 is 3.73. The Labute approximate surface area is 176 Å². The SMILES string of the molecule is CCc1cccc2sc(N(CCCn3ccnc3)C(=O)c3ccc(Cl)s3)nc12. The summed E-state index contributed by atoms with van der Waals surface area (Å²) in [6.07, 6.45) is 7.19. The largest absolute Gasteiger partial charge is 0.337 e. The van der Waals surface area contributed by atoms with E-state index in [2.05, 4.69) is 24.0 Å². The Morgan fingerprint density at radius 1 is 1.25 bits per heavy atom. The quantitative estimate of drug-likeness (QED) is 0.388. The fourth-order valence-electron chi connectivity index (χ4n) is 3.07. The summed E-state index contributed by atoms with van der Waals surface area (Å²) in [5.74, 6) is -0.0559. The number of thiazole rings is 1. The lowest BCUT2D eigenvalue weighted by molar-refractivity contribution is 0.0990. The Morgan fingerprint density at radius 3 is 2.86 bits per heavy atom. The van der Waals surface area contributed by atoms with E-state index in [4.69, 9.17) is 16.6 Å². The molecule has 0 atom stereocenters. The highest BCUT2D eigenvalue weighted by atomic mass is 35.5. The summed E-state index contributed by atoms with van der Waals surface area (Å²) in [6, 6.07) is 9.74. The number of rotatable bonds is 7. The first kappa shape index (κ1) is 19.1. The summed E-state index contributed by atoms with van der Waals surface area (Å²) in [7, 11) is 0. The third-order valence-corrected chi connectivity index (χ3v) is 6.75. The molecule has 8 heteroatoms. The van der Waals surface area contributed by atoms with Gasteiger partial charge in [0.1, 0.15) is 0 Å². The van der Waals surface area contributed by atoms with Gasteiger partial charge in [-0.2, -0.15) is 0 Å². The molecule has 0 saturated carbocycles. The zero-order valence-electron chi connectivity index (χ0n) is 15.3.